The number of aryl methyl sites for hydroxylation is 1. The fraction of sp³-hybridized carbons (Fsp3) is 0.0870. The van der Waals surface area contributed by atoms with E-state index in [1.807, 2.05) is 0 Å². The summed E-state index contributed by atoms with van der Waals surface area (Å²) >= 11 is 11.9. The van der Waals surface area contributed by atoms with E-state index >= 15 is 0 Å². The number of benzene rings is 2. The normalized spacial score (nSPS) is 11.1. The van der Waals surface area contributed by atoms with Crippen molar-refractivity contribution in [3.8, 4) is 11.6 Å². The van der Waals surface area contributed by atoms with Crippen LogP contribution in [-0.2, 0) is 11.2 Å². The predicted octanol–water partition coefficient (Wildman–Crippen LogP) is 4.09. The first-order valence-electron chi connectivity index (χ1n) is 10.2. The number of nitrogens with one attached hydrogen (secondary N) is 2. The lowest BCUT2D eigenvalue weighted by Crippen LogP contribution is -2.20. The number of hydrogen-bond acceptors (Lipinski definition) is 5. The zero-order valence-corrected chi connectivity index (χ0v) is 19.3. The lowest BCUT2D eigenvalue weighted by atomic mass is 10.1. The van der Waals surface area contributed by atoms with Crippen LogP contribution in [0.5, 0.6) is 0 Å². The van der Waals surface area contributed by atoms with Gasteiger partial charge in [-0.25, -0.2) is 4.68 Å². The molecule has 1 amide bonds. The van der Waals surface area contributed by atoms with Crippen LogP contribution < -0.4 is 10.9 Å². The van der Waals surface area contributed by atoms with Crippen LogP contribution in [0, 0.1) is 6.92 Å². The highest BCUT2D eigenvalue weighted by Crippen LogP contribution is 2.19. The number of rotatable bonds is 5. The van der Waals surface area contributed by atoms with Crippen LogP contribution in [0.25, 0.3) is 22.7 Å². The van der Waals surface area contributed by atoms with Crippen molar-refractivity contribution in [2.75, 3.05) is 5.32 Å². The highest BCUT2D eigenvalue weighted by molar-refractivity contribution is 6.30. The number of H-pyrrole nitrogens is 1. The Bertz CT molecular complexity index is 1570. The molecule has 2 N–H and O–H groups in total. The van der Waals surface area contributed by atoms with Gasteiger partial charge in [-0.3, -0.25) is 14.6 Å². The highest BCUT2D eigenvalue weighted by Gasteiger charge is 2.17. The first kappa shape index (κ1) is 21.9. The number of amides is 1. The van der Waals surface area contributed by atoms with Crippen LogP contribution >= 0.6 is 23.2 Å². The lowest BCUT2D eigenvalue weighted by molar-refractivity contribution is -0.115. The summed E-state index contributed by atoms with van der Waals surface area (Å²) in [6.45, 7) is 1.78. The minimum absolute atomic E-state index is 0.142. The van der Waals surface area contributed by atoms with E-state index in [1.54, 1.807) is 66.2 Å². The molecule has 0 bridgehead atoms. The average molecular weight is 494 g/mol. The second-order valence-electron chi connectivity index (χ2n) is 7.59. The third-order valence-corrected chi connectivity index (χ3v) is 5.58. The van der Waals surface area contributed by atoms with E-state index in [-0.39, 0.29) is 23.8 Å². The summed E-state index contributed by atoms with van der Waals surface area (Å²) < 4.78 is 2.93. The summed E-state index contributed by atoms with van der Waals surface area (Å²) in [5.74, 6) is 0.262. The summed E-state index contributed by atoms with van der Waals surface area (Å²) in [5.41, 5.74) is 2.09. The molecule has 3 aromatic heterocycles. The number of aromatic amines is 1. The van der Waals surface area contributed by atoms with Gasteiger partial charge in [0, 0.05) is 16.1 Å². The molecule has 5 rings (SSSR count). The second kappa shape index (κ2) is 8.77. The molecule has 0 fully saturated rings. The van der Waals surface area contributed by atoms with Crippen LogP contribution in [0.1, 0.15) is 11.3 Å². The Balaban J connectivity index is 1.51. The summed E-state index contributed by atoms with van der Waals surface area (Å²) in [4.78, 5) is 32.7. The van der Waals surface area contributed by atoms with Crippen molar-refractivity contribution in [3.63, 3.8) is 0 Å². The third-order valence-electron chi connectivity index (χ3n) is 5.07. The monoisotopic (exact) mass is 493 g/mol. The van der Waals surface area contributed by atoms with Crippen LogP contribution in [0.4, 0.5) is 5.82 Å². The van der Waals surface area contributed by atoms with Crippen LogP contribution in [0.3, 0.4) is 0 Å². The fourth-order valence-corrected chi connectivity index (χ4v) is 3.76. The zero-order chi connectivity index (χ0) is 23.8. The molecule has 11 heteroatoms. The number of halogens is 2. The number of fused-ring (bicyclic) bond motifs is 1. The second-order valence-corrected chi connectivity index (χ2v) is 8.47. The highest BCUT2D eigenvalue weighted by atomic mass is 35.5. The maximum atomic E-state index is 12.8. The summed E-state index contributed by atoms with van der Waals surface area (Å²) in [5, 5.41) is 13.0. The molecule has 9 nitrogen and oxygen atoms in total. The summed E-state index contributed by atoms with van der Waals surface area (Å²) in [7, 11) is 0. The molecule has 170 valence electrons. The zero-order valence-electron chi connectivity index (χ0n) is 17.8. The van der Waals surface area contributed by atoms with Gasteiger partial charge in [0.1, 0.15) is 11.2 Å². The molecule has 34 heavy (non-hydrogen) atoms. The topological polar surface area (TPSA) is 110 Å². The van der Waals surface area contributed by atoms with Gasteiger partial charge in [0.15, 0.2) is 5.65 Å². The molecule has 2 aromatic carbocycles. The van der Waals surface area contributed by atoms with Crippen molar-refractivity contribution in [1.29, 1.82) is 0 Å². The van der Waals surface area contributed by atoms with Gasteiger partial charge >= 0.3 is 0 Å². The minimum atomic E-state index is -0.383. The molecule has 0 saturated heterocycles. The van der Waals surface area contributed by atoms with Crippen molar-refractivity contribution in [1.82, 2.24) is 29.5 Å². The van der Waals surface area contributed by atoms with Crippen molar-refractivity contribution in [2.24, 2.45) is 0 Å². The largest absolute Gasteiger partial charge is 0.310 e. The van der Waals surface area contributed by atoms with Gasteiger partial charge in [-0.1, -0.05) is 35.3 Å². The Hall–Kier alpha value is -3.95. The van der Waals surface area contributed by atoms with E-state index in [9.17, 15) is 9.59 Å². The molecule has 0 radical (unpaired) electrons. The first-order valence-corrected chi connectivity index (χ1v) is 11.0. The Morgan fingerprint density at radius 3 is 2.41 bits per heavy atom. The fourth-order valence-electron chi connectivity index (χ4n) is 3.50. The molecule has 0 unspecified atom stereocenters. The third kappa shape index (κ3) is 4.30. The van der Waals surface area contributed by atoms with Crippen LogP contribution in [0.15, 0.2) is 65.6 Å². The number of aromatic nitrogens is 6. The molecule has 0 aliphatic heterocycles. The standard InChI is InChI=1S/C23H17Cl2N7O2/c1-13-10-19(27-20(33)11-14-2-4-15(24)5-3-14)32(30-13)23-28-21-18(22(34)29-23)12-26-31(21)17-8-6-16(25)7-9-17/h2-10,12H,11H2,1H3,(H,27,33)(H,28,29,34). The van der Waals surface area contributed by atoms with E-state index in [1.165, 1.54) is 10.9 Å². The maximum absolute atomic E-state index is 12.8. The van der Waals surface area contributed by atoms with E-state index in [2.05, 4.69) is 25.5 Å². The molecule has 3 heterocycles. The predicted molar refractivity (Wildman–Crippen MR) is 130 cm³/mol. The number of carbonyl (C=O) groups is 1. The molecule has 0 aliphatic rings. The number of carbonyl (C=O) groups excluding carboxylic acids is 1. The van der Waals surface area contributed by atoms with E-state index in [0.29, 0.717) is 38.3 Å². The van der Waals surface area contributed by atoms with E-state index < -0.39 is 0 Å². The van der Waals surface area contributed by atoms with E-state index in [0.717, 1.165) is 5.56 Å². The minimum Gasteiger partial charge on any atom is -0.310 e. The smallest absolute Gasteiger partial charge is 0.263 e. The number of nitrogens with zero attached hydrogens (tertiary/aromatic N) is 5. The van der Waals surface area contributed by atoms with Crippen molar-refractivity contribution < 1.29 is 4.79 Å². The molecule has 0 saturated carbocycles. The Morgan fingerprint density at radius 1 is 1.03 bits per heavy atom. The van der Waals surface area contributed by atoms with Gasteiger partial charge in [-0.15, -0.1) is 0 Å². The lowest BCUT2D eigenvalue weighted by Gasteiger charge is -2.09. The molecule has 5 aromatic rings. The van der Waals surface area contributed by atoms with Gasteiger partial charge in [0.2, 0.25) is 11.9 Å². The summed E-state index contributed by atoms with van der Waals surface area (Å²) in [6.07, 6.45) is 1.59. The van der Waals surface area contributed by atoms with Gasteiger partial charge in [0.05, 0.1) is 24.0 Å². The van der Waals surface area contributed by atoms with Gasteiger partial charge in [-0.2, -0.15) is 19.9 Å². The quantitative estimate of drug-likeness (QED) is 0.383. The number of anilines is 1. The van der Waals surface area contributed by atoms with Gasteiger partial charge in [0.25, 0.3) is 5.56 Å². The van der Waals surface area contributed by atoms with Crippen molar-refractivity contribution >= 4 is 46.0 Å². The SMILES string of the molecule is Cc1cc(NC(=O)Cc2ccc(Cl)cc2)n(-c2nc3c(cnn3-c3ccc(Cl)cc3)c(=O)[nH]2)n1. The Morgan fingerprint density at radius 2 is 1.71 bits per heavy atom. The summed E-state index contributed by atoms with van der Waals surface area (Å²) in [6, 6.07) is 15.7. The van der Waals surface area contributed by atoms with Crippen molar-refractivity contribution in [2.45, 2.75) is 13.3 Å². The Labute approximate surface area is 203 Å². The molecular formula is C23H17Cl2N7O2. The van der Waals surface area contributed by atoms with Crippen LogP contribution in [0.2, 0.25) is 10.0 Å². The van der Waals surface area contributed by atoms with Gasteiger partial charge in [-0.05, 0) is 48.9 Å². The first-order chi connectivity index (χ1) is 16.4. The average Bonchev–Trinajstić information content (AvgIpc) is 3.39. The molecule has 0 atom stereocenters. The molecule has 0 aliphatic carbocycles. The molecular weight excluding hydrogens is 477 g/mol. The molecule has 0 spiro atoms. The van der Waals surface area contributed by atoms with Crippen LogP contribution in [-0.4, -0.2) is 35.4 Å². The van der Waals surface area contributed by atoms with E-state index in [4.69, 9.17) is 23.2 Å². The van der Waals surface area contributed by atoms with Crippen molar-refractivity contribution in [3.05, 3.63) is 92.5 Å². The number of hydrogen-bond donors (Lipinski definition) is 2. The van der Waals surface area contributed by atoms with Gasteiger partial charge < -0.3 is 5.32 Å². The Kier molecular flexibility index (Phi) is 5.64. The maximum Gasteiger partial charge on any atom is 0.263 e.